The minimum absolute atomic E-state index is 0.182. The standard InChI is InChI=1S/C24H30N2O7/c1-7-14-15(32-10-8-9-30-5)11-16-19(25-14)20-17(13(12-33-16)24(2,3)4)21(27)18(22(28)26-20)23(29)31-6/h7,11,13H,1,8-10,12H2,2-6H3,(H2,26,27,28). The lowest BCUT2D eigenvalue weighted by Gasteiger charge is -2.31. The van der Waals surface area contributed by atoms with Crippen LogP contribution in [0.1, 0.15) is 54.7 Å². The Bertz CT molecular complexity index is 1120. The Hall–Kier alpha value is -3.33. The van der Waals surface area contributed by atoms with Crippen molar-refractivity contribution >= 4 is 12.0 Å². The number of methoxy groups -OCH3 is 2. The molecule has 9 nitrogen and oxygen atoms in total. The zero-order valence-electron chi connectivity index (χ0n) is 19.6. The summed E-state index contributed by atoms with van der Waals surface area (Å²) in [6.07, 6.45) is 2.23. The summed E-state index contributed by atoms with van der Waals surface area (Å²) >= 11 is 0. The number of hydrogen-bond acceptors (Lipinski definition) is 8. The van der Waals surface area contributed by atoms with Crippen LogP contribution in [0, 0.1) is 5.41 Å². The van der Waals surface area contributed by atoms with Gasteiger partial charge in [0.2, 0.25) is 0 Å². The molecule has 1 atom stereocenters. The fraction of sp³-hybridized carbons (Fsp3) is 0.458. The van der Waals surface area contributed by atoms with Gasteiger partial charge in [0.15, 0.2) is 11.3 Å². The van der Waals surface area contributed by atoms with Crippen molar-refractivity contribution < 1.29 is 28.8 Å². The van der Waals surface area contributed by atoms with Gasteiger partial charge in [-0.25, -0.2) is 9.78 Å². The number of aromatic amines is 1. The van der Waals surface area contributed by atoms with E-state index in [1.165, 1.54) is 0 Å². The molecule has 0 saturated carbocycles. The zero-order valence-corrected chi connectivity index (χ0v) is 19.6. The fourth-order valence-corrected chi connectivity index (χ4v) is 3.79. The Kier molecular flexibility index (Phi) is 7.12. The van der Waals surface area contributed by atoms with Crippen LogP contribution in [-0.2, 0) is 9.47 Å². The van der Waals surface area contributed by atoms with Crippen LogP contribution in [0.4, 0.5) is 0 Å². The summed E-state index contributed by atoms with van der Waals surface area (Å²) in [5.74, 6) is -0.863. The van der Waals surface area contributed by atoms with Crippen molar-refractivity contribution in [1.82, 2.24) is 9.97 Å². The van der Waals surface area contributed by atoms with Crippen LogP contribution in [0.15, 0.2) is 17.4 Å². The molecule has 3 heterocycles. The number of pyridine rings is 2. The van der Waals surface area contributed by atoms with E-state index < -0.39 is 22.8 Å². The van der Waals surface area contributed by atoms with E-state index in [-0.39, 0.29) is 23.6 Å². The van der Waals surface area contributed by atoms with Crippen molar-refractivity contribution in [3.63, 3.8) is 0 Å². The van der Waals surface area contributed by atoms with E-state index in [0.717, 1.165) is 7.11 Å². The summed E-state index contributed by atoms with van der Waals surface area (Å²) in [6, 6.07) is 1.70. The smallest absolute Gasteiger partial charge is 0.347 e. The molecule has 9 heteroatoms. The molecule has 1 aliphatic heterocycles. The van der Waals surface area contributed by atoms with Crippen molar-refractivity contribution in [3.8, 4) is 28.6 Å². The van der Waals surface area contributed by atoms with Gasteiger partial charge in [-0.2, -0.15) is 0 Å². The molecule has 2 aromatic rings. The first kappa shape index (κ1) is 24.3. The summed E-state index contributed by atoms with van der Waals surface area (Å²) in [4.78, 5) is 32.4. The molecule has 0 amide bonds. The molecule has 0 fully saturated rings. The predicted molar refractivity (Wildman–Crippen MR) is 123 cm³/mol. The lowest BCUT2D eigenvalue weighted by molar-refractivity contribution is 0.0594. The number of ether oxygens (including phenoxy) is 4. The number of rotatable bonds is 7. The van der Waals surface area contributed by atoms with Gasteiger partial charge in [0.05, 0.1) is 26.0 Å². The zero-order chi connectivity index (χ0) is 24.3. The van der Waals surface area contributed by atoms with Crippen molar-refractivity contribution in [1.29, 1.82) is 0 Å². The van der Waals surface area contributed by atoms with Crippen molar-refractivity contribution in [2.45, 2.75) is 33.1 Å². The quantitative estimate of drug-likeness (QED) is 0.478. The van der Waals surface area contributed by atoms with Crippen LogP contribution in [0.25, 0.3) is 17.5 Å². The first-order valence-electron chi connectivity index (χ1n) is 10.6. The first-order chi connectivity index (χ1) is 15.6. The SMILES string of the molecule is C=Cc1nc2c(cc1OCCCOC)OCC(C(C)(C)C)c1c-2[nH]c(=O)c(C(=O)OC)c1O. The molecular weight excluding hydrogens is 428 g/mol. The summed E-state index contributed by atoms with van der Waals surface area (Å²) in [5, 5.41) is 11.1. The van der Waals surface area contributed by atoms with Crippen LogP contribution in [-0.4, -0.2) is 55.1 Å². The van der Waals surface area contributed by atoms with E-state index in [2.05, 4.69) is 16.5 Å². The molecule has 0 saturated heterocycles. The van der Waals surface area contributed by atoms with Gasteiger partial charge in [-0.05, 0) is 11.5 Å². The predicted octanol–water partition coefficient (Wildman–Crippen LogP) is 3.51. The molecule has 33 heavy (non-hydrogen) atoms. The van der Waals surface area contributed by atoms with Crippen molar-refractivity contribution in [2.75, 3.05) is 34.0 Å². The Morgan fingerprint density at radius 1 is 1.36 bits per heavy atom. The normalized spacial score (nSPS) is 15.0. The van der Waals surface area contributed by atoms with Gasteiger partial charge in [0.25, 0.3) is 5.56 Å². The van der Waals surface area contributed by atoms with Crippen molar-refractivity contribution in [3.05, 3.63) is 39.8 Å². The molecular formula is C24H30N2O7. The van der Waals surface area contributed by atoms with Gasteiger partial charge in [-0.15, -0.1) is 0 Å². The molecule has 3 rings (SSSR count). The molecule has 178 valence electrons. The average Bonchev–Trinajstić information content (AvgIpc) is 2.92. The number of nitrogens with one attached hydrogen (secondary N) is 1. The molecule has 0 spiro atoms. The second-order valence-electron chi connectivity index (χ2n) is 8.81. The van der Waals surface area contributed by atoms with E-state index in [1.54, 1.807) is 19.3 Å². The fourth-order valence-electron chi connectivity index (χ4n) is 3.79. The maximum Gasteiger partial charge on any atom is 0.347 e. The number of hydrogen-bond donors (Lipinski definition) is 2. The van der Waals surface area contributed by atoms with Gasteiger partial charge in [0, 0.05) is 37.7 Å². The van der Waals surface area contributed by atoms with E-state index >= 15 is 0 Å². The van der Waals surface area contributed by atoms with Crippen LogP contribution in [0.2, 0.25) is 0 Å². The van der Waals surface area contributed by atoms with Gasteiger partial charge < -0.3 is 29.0 Å². The highest BCUT2D eigenvalue weighted by Crippen LogP contribution is 2.48. The number of carbonyl (C=O) groups excluding carboxylic acids is 1. The van der Waals surface area contributed by atoms with Gasteiger partial charge >= 0.3 is 5.97 Å². The molecule has 1 unspecified atom stereocenters. The molecule has 0 aromatic carbocycles. The number of H-pyrrole nitrogens is 1. The lowest BCUT2D eigenvalue weighted by atomic mass is 9.75. The van der Waals surface area contributed by atoms with E-state index in [1.807, 2.05) is 20.8 Å². The van der Waals surface area contributed by atoms with E-state index in [0.29, 0.717) is 48.1 Å². The van der Waals surface area contributed by atoms with Crippen LogP contribution >= 0.6 is 0 Å². The first-order valence-corrected chi connectivity index (χ1v) is 10.6. The number of carbonyl (C=O) groups is 1. The number of nitrogens with zero attached hydrogens (tertiary/aromatic N) is 1. The van der Waals surface area contributed by atoms with Crippen LogP contribution < -0.4 is 15.0 Å². The third kappa shape index (κ3) is 4.73. The Labute approximate surface area is 192 Å². The van der Waals surface area contributed by atoms with Gasteiger partial charge in [-0.3, -0.25) is 4.79 Å². The second-order valence-corrected chi connectivity index (χ2v) is 8.81. The highest BCUT2D eigenvalue weighted by atomic mass is 16.5. The Morgan fingerprint density at radius 3 is 2.70 bits per heavy atom. The molecule has 0 radical (unpaired) electrons. The number of aromatic hydroxyl groups is 1. The Balaban J connectivity index is 2.24. The van der Waals surface area contributed by atoms with Gasteiger partial charge in [0.1, 0.15) is 22.9 Å². The third-order valence-corrected chi connectivity index (χ3v) is 5.58. The molecule has 1 aliphatic rings. The van der Waals surface area contributed by atoms with Crippen molar-refractivity contribution in [2.24, 2.45) is 5.41 Å². The van der Waals surface area contributed by atoms with Gasteiger partial charge in [-0.1, -0.05) is 27.4 Å². The number of esters is 1. The minimum Gasteiger partial charge on any atom is -0.506 e. The minimum atomic E-state index is -0.922. The molecule has 2 aromatic heterocycles. The van der Waals surface area contributed by atoms with Crippen LogP contribution in [0.5, 0.6) is 17.2 Å². The number of fused-ring (bicyclic) bond motifs is 3. The number of aromatic nitrogens is 2. The summed E-state index contributed by atoms with van der Waals surface area (Å²) < 4.78 is 21.7. The second kappa shape index (κ2) is 9.66. The monoisotopic (exact) mass is 458 g/mol. The third-order valence-electron chi connectivity index (χ3n) is 5.58. The highest BCUT2D eigenvalue weighted by molar-refractivity contribution is 5.93. The molecule has 2 N–H and O–H groups in total. The molecule has 0 aliphatic carbocycles. The van der Waals surface area contributed by atoms with E-state index in [9.17, 15) is 14.7 Å². The maximum absolute atomic E-state index is 12.8. The summed E-state index contributed by atoms with van der Waals surface area (Å²) in [6.45, 7) is 10.9. The van der Waals surface area contributed by atoms with E-state index in [4.69, 9.17) is 18.9 Å². The lowest BCUT2D eigenvalue weighted by Crippen LogP contribution is -2.27. The highest BCUT2D eigenvalue weighted by Gasteiger charge is 2.38. The largest absolute Gasteiger partial charge is 0.506 e. The topological polar surface area (TPSA) is 120 Å². The molecule has 0 bridgehead atoms. The average molecular weight is 459 g/mol. The maximum atomic E-state index is 12.8. The summed E-state index contributed by atoms with van der Waals surface area (Å²) in [5.41, 5.74) is -0.187. The summed E-state index contributed by atoms with van der Waals surface area (Å²) in [7, 11) is 2.77. The van der Waals surface area contributed by atoms with Crippen LogP contribution in [0.3, 0.4) is 0 Å². The Morgan fingerprint density at radius 2 is 2.09 bits per heavy atom.